The average Bonchev–Trinajstić information content (AvgIpc) is 3.38. The van der Waals surface area contributed by atoms with Crippen LogP contribution in [-0.4, -0.2) is 24.5 Å². The van der Waals surface area contributed by atoms with Crippen molar-refractivity contribution in [2.24, 2.45) is 0 Å². The van der Waals surface area contributed by atoms with Gasteiger partial charge in [-0.05, 0) is 55.2 Å². The third-order valence-electron chi connectivity index (χ3n) is 4.56. The maximum Gasteiger partial charge on any atom is 0.233 e. The molecule has 1 saturated carbocycles. The van der Waals surface area contributed by atoms with Crippen molar-refractivity contribution in [3.8, 4) is 5.75 Å². The Kier molecular flexibility index (Phi) is 4.56. The van der Waals surface area contributed by atoms with Crippen molar-refractivity contribution in [1.29, 1.82) is 0 Å². The summed E-state index contributed by atoms with van der Waals surface area (Å²) in [5.74, 6) is 0.660. The van der Waals surface area contributed by atoms with E-state index in [1.807, 2.05) is 38.2 Å². The Hall–Kier alpha value is -2.36. The van der Waals surface area contributed by atoms with Gasteiger partial charge in [0, 0.05) is 13.6 Å². The molecule has 0 radical (unpaired) electrons. The highest BCUT2D eigenvalue weighted by Crippen LogP contribution is 2.49. The number of likely N-dealkylation sites (N-methyl/N-ethyl adjacent to an activating group) is 1. The third-order valence-corrected chi connectivity index (χ3v) is 4.56. The summed E-state index contributed by atoms with van der Waals surface area (Å²) in [7, 11) is 1.82. The quantitative estimate of drug-likeness (QED) is 0.805. The lowest BCUT2D eigenvalue weighted by atomic mass is 9.94. The van der Waals surface area contributed by atoms with Gasteiger partial charge in [0.05, 0.1) is 12.0 Å². The lowest BCUT2D eigenvalue weighted by molar-refractivity contribution is -0.133. The highest BCUT2D eigenvalue weighted by Gasteiger charge is 2.52. The number of benzene rings is 2. The monoisotopic (exact) mass is 327 g/mol. The first-order valence-electron chi connectivity index (χ1n) is 8.28. The van der Waals surface area contributed by atoms with E-state index in [1.54, 1.807) is 17.0 Å². The van der Waals surface area contributed by atoms with E-state index >= 15 is 0 Å². The Balaban J connectivity index is 1.69. The molecule has 0 N–H and O–H groups in total. The van der Waals surface area contributed by atoms with Gasteiger partial charge < -0.3 is 9.64 Å². The SMILES string of the molecule is CCOc1ccc(CN(C)C(=O)C2(c3ccc(F)cc3)CC2)cc1. The van der Waals surface area contributed by atoms with Crippen LogP contribution < -0.4 is 4.74 Å². The van der Waals surface area contributed by atoms with Crippen molar-refractivity contribution >= 4 is 5.91 Å². The summed E-state index contributed by atoms with van der Waals surface area (Å²) in [5.41, 5.74) is 1.50. The number of carbonyl (C=O) groups is 1. The van der Waals surface area contributed by atoms with Crippen molar-refractivity contribution in [3.63, 3.8) is 0 Å². The molecule has 126 valence electrons. The average molecular weight is 327 g/mol. The van der Waals surface area contributed by atoms with E-state index in [9.17, 15) is 9.18 Å². The number of hydrogen-bond donors (Lipinski definition) is 0. The summed E-state index contributed by atoms with van der Waals surface area (Å²) in [6.07, 6.45) is 1.65. The van der Waals surface area contributed by atoms with Gasteiger partial charge in [0.25, 0.3) is 0 Å². The largest absolute Gasteiger partial charge is 0.494 e. The van der Waals surface area contributed by atoms with Gasteiger partial charge in [-0.25, -0.2) is 4.39 Å². The first-order chi connectivity index (χ1) is 11.5. The molecule has 0 bridgehead atoms. The van der Waals surface area contributed by atoms with E-state index in [0.29, 0.717) is 13.2 Å². The predicted molar refractivity (Wildman–Crippen MR) is 91.4 cm³/mol. The van der Waals surface area contributed by atoms with Crippen molar-refractivity contribution in [3.05, 3.63) is 65.5 Å². The highest BCUT2D eigenvalue weighted by molar-refractivity contribution is 5.91. The standard InChI is InChI=1S/C20H22FNO2/c1-3-24-18-10-4-15(5-11-18)14-22(2)19(23)20(12-13-20)16-6-8-17(21)9-7-16/h4-11H,3,12-14H2,1-2H3. The van der Waals surface area contributed by atoms with Gasteiger partial charge in [0.2, 0.25) is 5.91 Å². The molecule has 0 atom stereocenters. The number of amides is 1. The number of ether oxygens (including phenoxy) is 1. The van der Waals surface area contributed by atoms with Crippen molar-refractivity contribution < 1.29 is 13.9 Å². The number of nitrogens with zero attached hydrogens (tertiary/aromatic N) is 1. The summed E-state index contributed by atoms with van der Waals surface area (Å²) >= 11 is 0. The molecule has 0 spiro atoms. The van der Waals surface area contributed by atoms with Crippen LogP contribution in [0.15, 0.2) is 48.5 Å². The zero-order valence-corrected chi connectivity index (χ0v) is 14.1. The maximum absolute atomic E-state index is 13.1. The summed E-state index contributed by atoms with van der Waals surface area (Å²) in [6.45, 7) is 3.14. The second-order valence-electron chi connectivity index (χ2n) is 6.33. The minimum Gasteiger partial charge on any atom is -0.494 e. The number of halogens is 1. The number of rotatable bonds is 6. The Morgan fingerprint density at radius 1 is 1.12 bits per heavy atom. The third kappa shape index (κ3) is 3.28. The molecule has 0 heterocycles. The van der Waals surface area contributed by atoms with Crippen LogP contribution in [-0.2, 0) is 16.8 Å². The highest BCUT2D eigenvalue weighted by atomic mass is 19.1. The van der Waals surface area contributed by atoms with E-state index in [1.165, 1.54) is 12.1 Å². The van der Waals surface area contributed by atoms with Crippen molar-refractivity contribution in [1.82, 2.24) is 4.90 Å². The smallest absolute Gasteiger partial charge is 0.233 e. The molecular weight excluding hydrogens is 305 g/mol. The second kappa shape index (κ2) is 6.63. The molecule has 3 rings (SSSR count). The van der Waals surface area contributed by atoms with Crippen LogP contribution in [0, 0.1) is 5.82 Å². The molecule has 0 unspecified atom stereocenters. The molecule has 24 heavy (non-hydrogen) atoms. The zero-order chi connectivity index (χ0) is 17.2. The zero-order valence-electron chi connectivity index (χ0n) is 14.1. The normalized spacial score (nSPS) is 15.0. The summed E-state index contributed by atoms with van der Waals surface area (Å²) < 4.78 is 18.6. The first-order valence-corrected chi connectivity index (χ1v) is 8.28. The first kappa shape index (κ1) is 16.5. The van der Waals surface area contributed by atoms with Crippen LogP contribution in [0.2, 0.25) is 0 Å². The van der Waals surface area contributed by atoms with Crippen molar-refractivity contribution in [2.45, 2.75) is 31.7 Å². The Morgan fingerprint density at radius 3 is 2.29 bits per heavy atom. The Bertz CT molecular complexity index is 705. The molecule has 1 fully saturated rings. The van der Waals surface area contributed by atoms with Crippen LogP contribution in [0.5, 0.6) is 5.75 Å². The summed E-state index contributed by atoms with van der Waals surface area (Å²) in [5, 5.41) is 0. The fourth-order valence-corrected chi connectivity index (χ4v) is 3.09. The van der Waals surface area contributed by atoms with Gasteiger partial charge in [-0.15, -0.1) is 0 Å². The summed E-state index contributed by atoms with van der Waals surface area (Å²) in [4.78, 5) is 14.6. The molecule has 0 saturated heterocycles. The van der Waals surface area contributed by atoms with Gasteiger partial charge in [-0.3, -0.25) is 4.79 Å². The topological polar surface area (TPSA) is 29.5 Å². The Morgan fingerprint density at radius 2 is 1.75 bits per heavy atom. The molecule has 2 aromatic carbocycles. The van der Waals surface area contributed by atoms with E-state index in [-0.39, 0.29) is 11.7 Å². The number of carbonyl (C=O) groups excluding carboxylic acids is 1. The van der Waals surface area contributed by atoms with E-state index < -0.39 is 5.41 Å². The lowest BCUT2D eigenvalue weighted by Gasteiger charge is -2.24. The van der Waals surface area contributed by atoms with E-state index in [0.717, 1.165) is 29.7 Å². The predicted octanol–water partition coefficient (Wildman–Crippen LogP) is 3.91. The molecule has 4 heteroatoms. The van der Waals surface area contributed by atoms with Crippen molar-refractivity contribution in [2.75, 3.05) is 13.7 Å². The molecule has 1 aliphatic carbocycles. The van der Waals surface area contributed by atoms with Crippen LogP contribution >= 0.6 is 0 Å². The fraction of sp³-hybridized carbons (Fsp3) is 0.350. The number of hydrogen-bond acceptors (Lipinski definition) is 2. The second-order valence-corrected chi connectivity index (χ2v) is 6.33. The van der Waals surface area contributed by atoms with E-state index in [2.05, 4.69) is 0 Å². The van der Waals surface area contributed by atoms with E-state index in [4.69, 9.17) is 4.74 Å². The van der Waals surface area contributed by atoms with Gasteiger partial charge in [0.15, 0.2) is 0 Å². The minimum absolute atomic E-state index is 0.1000. The molecule has 2 aromatic rings. The molecule has 1 amide bonds. The van der Waals surface area contributed by atoms with Gasteiger partial charge in [0.1, 0.15) is 11.6 Å². The molecule has 3 nitrogen and oxygen atoms in total. The minimum atomic E-state index is -0.465. The maximum atomic E-state index is 13.1. The molecule has 1 aliphatic rings. The van der Waals surface area contributed by atoms with Gasteiger partial charge in [-0.2, -0.15) is 0 Å². The van der Waals surface area contributed by atoms with Gasteiger partial charge >= 0.3 is 0 Å². The van der Waals surface area contributed by atoms with Gasteiger partial charge in [-0.1, -0.05) is 24.3 Å². The molecule has 0 aromatic heterocycles. The van der Waals surface area contributed by atoms with Crippen LogP contribution in [0.4, 0.5) is 4.39 Å². The Labute approximate surface area is 142 Å². The van der Waals surface area contributed by atoms with Crippen LogP contribution in [0.25, 0.3) is 0 Å². The lowest BCUT2D eigenvalue weighted by Crippen LogP contribution is -2.36. The molecular formula is C20H22FNO2. The summed E-state index contributed by atoms with van der Waals surface area (Å²) in [6, 6.07) is 14.1. The fourth-order valence-electron chi connectivity index (χ4n) is 3.09. The van der Waals surface area contributed by atoms with Crippen LogP contribution in [0.1, 0.15) is 30.9 Å². The van der Waals surface area contributed by atoms with Crippen LogP contribution in [0.3, 0.4) is 0 Å². The molecule has 0 aliphatic heterocycles.